The first-order valence-corrected chi connectivity index (χ1v) is 11.4. The minimum absolute atomic E-state index is 0.0273. The number of nitrogens with zero attached hydrogens (tertiary/aromatic N) is 2. The summed E-state index contributed by atoms with van der Waals surface area (Å²) in [6, 6.07) is 21.8. The lowest BCUT2D eigenvalue weighted by atomic mass is 10.1. The molecule has 1 aliphatic heterocycles. The van der Waals surface area contributed by atoms with E-state index in [4.69, 9.17) is 27.9 Å². The molecule has 3 aromatic rings. The molecule has 0 atom stereocenters. The van der Waals surface area contributed by atoms with Gasteiger partial charge in [-0.1, -0.05) is 71.7 Å². The Labute approximate surface area is 205 Å². The van der Waals surface area contributed by atoms with Crippen LogP contribution in [0.4, 0.5) is 4.79 Å². The number of hydrogen-bond donors (Lipinski definition) is 0. The van der Waals surface area contributed by atoms with Crippen LogP contribution in [0.15, 0.2) is 71.6 Å². The Balaban J connectivity index is 1.52. The Morgan fingerprint density at radius 3 is 2.36 bits per heavy atom. The summed E-state index contributed by atoms with van der Waals surface area (Å²) in [5.41, 5.74) is 2.57. The second-order valence-electron chi connectivity index (χ2n) is 7.12. The number of halogens is 2. The van der Waals surface area contributed by atoms with E-state index in [9.17, 15) is 14.9 Å². The molecule has 164 valence electrons. The standard InChI is InChI=1S/C25H16Cl2N2O3S/c26-20-10-17(11-21(27)23(20)32-15-16-6-2-1-3-7-16)12-22-24(30)29(25(31)33-22)14-19-9-5-4-8-18(19)13-28/h1-12H,14-15H2/b22-12+. The van der Waals surface area contributed by atoms with Gasteiger partial charge in [-0.25, -0.2) is 0 Å². The molecule has 3 aromatic carbocycles. The van der Waals surface area contributed by atoms with Crippen LogP contribution in [0.1, 0.15) is 22.3 Å². The first-order valence-electron chi connectivity index (χ1n) is 9.85. The molecule has 33 heavy (non-hydrogen) atoms. The molecular weight excluding hydrogens is 479 g/mol. The second kappa shape index (κ2) is 10.1. The summed E-state index contributed by atoms with van der Waals surface area (Å²) >= 11 is 13.6. The molecule has 0 saturated carbocycles. The largest absolute Gasteiger partial charge is 0.486 e. The third kappa shape index (κ3) is 5.23. The summed E-state index contributed by atoms with van der Waals surface area (Å²) in [5, 5.41) is 9.45. The van der Waals surface area contributed by atoms with Crippen LogP contribution >= 0.6 is 35.0 Å². The normalized spacial score (nSPS) is 14.6. The van der Waals surface area contributed by atoms with Gasteiger partial charge < -0.3 is 4.74 Å². The summed E-state index contributed by atoms with van der Waals surface area (Å²) in [6.45, 7) is 0.336. The molecule has 1 saturated heterocycles. The van der Waals surface area contributed by atoms with E-state index < -0.39 is 11.1 Å². The van der Waals surface area contributed by atoms with E-state index in [1.54, 1.807) is 42.5 Å². The van der Waals surface area contributed by atoms with Crippen molar-refractivity contribution in [2.45, 2.75) is 13.2 Å². The Hall–Kier alpha value is -3.24. The molecule has 8 heteroatoms. The summed E-state index contributed by atoms with van der Waals surface area (Å²) in [5.74, 6) is -0.0880. The van der Waals surface area contributed by atoms with Crippen LogP contribution in [-0.2, 0) is 17.9 Å². The van der Waals surface area contributed by atoms with E-state index in [1.165, 1.54) is 0 Å². The highest BCUT2D eigenvalue weighted by Crippen LogP contribution is 2.38. The van der Waals surface area contributed by atoms with Gasteiger partial charge in [0.05, 0.1) is 33.1 Å². The van der Waals surface area contributed by atoms with Gasteiger partial charge in [0.1, 0.15) is 6.61 Å². The van der Waals surface area contributed by atoms with Gasteiger partial charge in [-0.2, -0.15) is 5.26 Å². The number of nitriles is 1. The fraction of sp³-hybridized carbons (Fsp3) is 0.0800. The van der Waals surface area contributed by atoms with Gasteiger partial charge in [0.25, 0.3) is 11.1 Å². The Morgan fingerprint density at radius 2 is 1.67 bits per heavy atom. The van der Waals surface area contributed by atoms with Crippen molar-refractivity contribution in [3.63, 3.8) is 0 Å². The number of thioether (sulfide) groups is 1. The molecule has 0 bridgehead atoms. The molecule has 4 rings (SSSR count). The van der Waals surface area contributed by atoms with Crippen LogP contribution < -0.4 is 4.74 Å². The minimum atomic E-state index is -0.436. The number of imide groups is 1. The maximum atomic E-state index is 12.9. The highest BCUT2D eigenvalue weighted by atomic mass is 35.5. The smallest absolute Gasteiger partial charge is 0.293 e. The summed E-state index contributed by atoms with van der Waals surface area (Å²) in [7, 11) is 0. The van der Waals surface area contributed by atoms with Gasteiger partial charge in [0.15, 0.2) is 5.75 Å². The molecule has 2 amide bonds. The van der Waals surface area contributed by atoms with E-state index in [-0.39, 0.29) is 11.4 Å². The van der Waals surface area contributed by atoms with Crippen molar-refractivity contribution in [2.24, 2.45) is 0 Å². The number of benzene rings is 3. The van der Waals surface area contributed by atoms with Crippen LogP contribution in [0.25, 0.3) is 6.08 Å². The third-order valence-corrected chi connectivity index (χ3v) is 6.35. The van der Waals surface area contributed by atoms with E-state index in [1.807, 2.05) is 30.3 Å². The predicted molar refractivity (Wildman–Crippen MR) is 130 cm³/mol. The fourth-order valence-electron chi connectivity index (χ4n) is 3.26. The predicted octanol–water partition coefficient (Wildman–Crippen LogP) is 6.68. The van der Waals surface area contributed by atoms with E-state index >= 15 is 0 Å². The van der Waals surface area contributed by atoms with Gasteiger partial charge in [-0.3, -0.25) is 14.5 Å². The molecule has 0 radical (unpaired) electrons. The lowest BCUT2D eigenvalue weighted by molar-refractivity contribution is -0.123. The zero-order valence-corrected chi connectivity index (χ0v) is 19.5. The molecule has 0 spiro atoms. The SMILES string of the molecule is N#Cc1ccccc1CN1C(=O)S/C(=C/c2cc(Cl)c(OCc3ccccc3)c(Cl)c2)C1=O. The number of amides is 2. The lowest BCUT2D eigenvalue weighted by Crippen LogP contribution is -2.27. The third-order valence-electron chi connectivity index (χ3n) is 4.88. The molecule has 0 aliphatic carbocycles. The van der Waals surface area contributed by atoms with E-state index in [2.05, 4.69) is 6.07 Å². The topological polar surface area (TPSA) is 70.4 Å². The van der Waals surface area contributed by atoms with Gasteiger partial charge >= 0.3 is 0 Å². The van der Waals surface area contributed by atoms with Gasteiger partial charge in [-0.05, 0) is 52.7 Å². The minimum Gasteiger partial charge on any atom is -0.486 e. The summed E-state index contributed by atoms with van der Waals surface area (Å²) < 4.78 is 5.78. The first kappa shape index (κ1) is 22.9. The molecule has 1 fully saturated rings. The van der Waals surface area contributed by atoms with Crippen molar-refractivity contribution in [1.82, 2.24) is 4.90 Å². The Morgan fingerprint density at radius 1 is 1.00 bits per heavy atom. The molecule has 1 aliphatic rings. The number of carbonyl (C=O) groups is 2. The summed E-state index contributed by atoms with van der Waals surface area (Å²) in [4.78, 5) is 26.7. The monoisotopic (exact) mass is 494 g/mol. The fourth-order valence-corrected chi connectivity index (χ4v) is 4.71. The average Bonchev–Trinajstić information content (AvgIpc) is 3.07. The van der Waals surface area contributed by atoms with E-state index in [0.717, 1.165) is 22.2 Å². The maximum Gasteiger partial charge on any atom is 0.293 e. The number of hydrogen-bond acceptors (Lipinski definition) is 5. The van der Waals surface area contributed by atoms with Crippen LogP contribution in [0, 0.1) is 11.3 Å². The van der Waals surface area contributed by atoms with Gasteiger partial charge in [0, 0.05) is 0 Å². The van der Waals surface area contributed by atoms with Crippen molar-refractivity contribution in [1.29, 1.82) is 5.26 Å². The van der Waals surface area contributed by atoms with Crippen molar-refractivity contribution in [3.05, 3.63) is 104 Å². The molecule has 5 nitrogen and oxygen atoms in total. The molecule has 0 unspecified atom stereocenters. The molecular formula is C25H16Cl2N2O3S. The number of carbonyl (C=O) groups excluding carboxylic acids is 2. The zero-order chi connectivity index (χ0) is 23.4. The molecule has 0 N–H and O–H groups in total. The number of rotatable bonds is 6. The van der Waals surface area contributed by atoms with Crippen LogP contribution in [0.2, 0.25) is 10.0 Å². The zero-order valence-electron chi connectivity index (χ0n) is 17.1. The van der Waals surface area contributed by atoms with Crippen LogP contribution in [-0.4, -0.2) is 16.0 Å². The van der Waals surface area contributed by atoms with E-state index in [0.29, 0.717) is 39.1 Å². The van der Waals surface area contributed by atoms with Crippen molar-refractivity contribution in [2.75, 3.05) is 0 Å². The number of ether oxygens (including phenoxy) is 1. The first-order chi connectivity index (χ1) is 16.0. The highest BCUT2D eigenvalue weighted by Gasteiger charge is 2.35. The highest BCUT2D eigenvalue weighted by molar-refractivity contribution is 8.18. The van der Waals surface area contributed by atoms with Crippen molar-refractivity contribution < 1.29 is 14.3 Å². The van der Waals surface area contributed by atoms with Gasteiger partial charge in [0.2, 0.25) is 0 Å². The van der Waals surface area contributed by atoms with Crippen LogP contribution in [0.5, 0.6) is 5.75 Å². The summed E-state index contributed by atoms with van der Waals surface area (Å²) in [6.07, 6.45) is 1.57. The van der Waals surface area contributed by atoms with Crippen molar-refractivity contribution >= 4 is 52.2 Å². The second-order valence-corrected chi connectivity index (χ2v) is 8.93. The molecule has 0 aromatic heterocycles. The molecule has 1 heterocycles. The quantitative estimate of drug-likeness (QED) is 0.357. The van der Waals surface area contributed by atoms with Crippen molar-refractivity contribution in [3.8, 4) is 11.8 Å². The Kier molecular flexibility index (Phi) is 7.05. The van der Waals surface area contributed by atoms with Gasteiger partial charge in [-0.15, -0.1) is 0 Å². The Bertz CT molecular complexity index is 1280. The lowest BCUT2D eigenvalue weighted by Gasteiger charge is -2.13. The van der Waals surface area contributed by atoms with Crippen LogP contribution in [0.3, 0.4) is 0 Å². The average molecular weight is 495 g/mol. The maximum absolute atomic E-state index is 12.9.